The lowest BCUT2D eigenvalue weighted by Gasteiger charge is -2.41. The average molecular weight is 480 g/mol. The van der Waals surface area contributed by atoms with Crippen LogP contribution in [0.2, 0.25) is 0 Å². The number of likely N-dealkylation sites (tertiary alicyclic amines) is 2. The molecule has 4 rings (SSSR count). The molecule has 1 N–H and O–H groups in total. The smallest absolute Gasteiger partial charge is 0.408 e. The molecule has 8 heteroatoms. The maximum Gasteiger partial charge on any atom is 0.408 e. The molecule has 34 heavy (non-hydrogen) atoms. The van der Waals surface area contributed by atoms with Crippen molar-refractivity contribution in [1.29, 1.82) is 0 Å². The number of rotatable bonds is 5. The summed E-state index contributed by atoms with van der Waals surface area (Å²) in [5.41, 5.74) is -0.577. The van der Waals surface area contributed by atoms with Gasteiger partial charge in [-0.1, -0.05) is 19.3 Å². The summed E-state index contributed by atoms with van der Waals surface area (Å²) in [4.78, 5) is 30.6. The number of amides is 2. The molecule has 3 heterocycles. The van der Waals surface area contributed by atoms with E-state index in [2.05, 4.69) is 10.2 Å². The van der Waals surface area contributed by atoms with Crippen molar-refractivity contribution in [2.24, 2.45) is 11.8 Å². The van der Waals surface area contributed by atoms with Crippen LogP contribution >= 0.6 is 0 Å². The van der Waals surface area contributed by atoms with E-state index in [4.69, 9.17) is 14.2 Å². The van der Waals surface area contributed by atoms with Gasteiger partial charge >= 0.3 is 6.09 Å². The van der Waals surface area contributed by atoms with Gasteiger partial charge in [0, 0.05) is 45.6 Å². The summed E-state index contributed by atoms with van der Waals surface area (Å²) in [6.45, 7) is 11.7. The Balaban J connectivity index is 1.27. The topological polar surface area (TPSA) is 80.3 Å². The minimum atomic E-state index is -0.577. The van der Waals surface area contributed by atoms with Gasteiger partial charge in [0.25, 0.3) is 0 Å². The van der Waals surface area contributed by atoms with Gasteiger partial charge in [-0.25, -0.2) is 4.79 Å². The number of ether oxygens (including phenoxy) is 3. The highest BCUT2D eigenvalue weighted by Crippen LogP contribution is 2.33. The second-order valence-electron chi connectivity index (χ2n) is 11.7. The van der Waals surface area contributed by atoms with Crippen molar-refractivity contribution in [3.63, 3.8) is 0 Å². The zero-order chi connectivity index (χ0) is 24.2. The van der Waals surface area contributed by atoms with Gasteiger partial charge < -0.3 is 29.3 Å². The first-order chi connectivity index (χ1) is 16.2. The number of hydrogen-bond acceptors (Lipinski definition) is 6. The molecule has 0 bridgehead atoms. The van der Waals surface area contributed by atoms with Crippen molar-refractivity contribution in [3.05, 3.63) is 0 Å². The maximum atomic E-state index is 13.6. The standard InChI is InChI=1S/C26H45N3O5/c1-25(2,3)34-24(31)27-22(21-7-5-4-6-8-21)23(30)29-13-9-20(10-14-29)19-28-15-11-26(12-16-28)32-17-18-33-26/h20-22H,4-19H2,1-3H3,(H,27,31)/t22-/m1/s1. The molecular weight excluding hydrogens is 434 g/mol. The normalized spacial score (nSPS) is 25.9. The Morgan fingerprint density at radius 3 is 2.18 bits per heavy atom. The summed E-state index contributed by atoms with van der Waals surface area (Å²) in [6.07, 6.45) is 8.90. The number of nitrogens with zero attached hydrogens (tertiary/aromatic N) is 2. The molecular formula is C26H45N3O5. The number of alkyl carbamates (subject to hydrolysis) is 1. The molecule has 0 aromatic heterocycles. The molecule has 1 spiro atoms. The molecule has 3 aliphatic heterocycles. The van der Waals surface area contributed by atoms with Crippen LogP contribution in [-0.2, 0) is 19.0 Å². The molecule has 3 saturated heterocycles. The number of carbonyl (C=O) groups excluding carboxylic acids is 2. The minimum absolute atomic E-state index is 0.0756. The number of carbonyl (C=O) groups is 2. The van der Waals surface area contributed by atoms with Crippen molar-refractivity contribution in [1.82, 2.24) is 15.1 Å². The first-order valence-corrected chi connectivity index (χ1v) is 13.5. The molecule has 8 nitrogen and oxygen atoms in total. The Morgan fingerprint density at radius 1 is 0.971 bits per heavy atom. The van der Waals surface area contributed by atoms with Gasteiger partial charge in [-0.15, -0.1) is 0 Å². The second-order valence-corrected chi connectivity index (χ2v) is 11.7. The molecule has 0 radical (unpaired) electrons. The highest BCUT2D eigenvalue weighted by molar-refractivity contribution is 5.86. The summed E-state index contributed by atoms with van der Waals surface area (Å²) in [5, 5.41) is 2.96. The lowest BCUT2D eigenvalue weighted by atomic mass is 9.83. The van der Waals surface area contributed by atoms with E-state index in [9.17, 15) is 9.59 Å². The molecule has 194 valence electrons. The fourth-order valence-corrected chi connectivity index (χ4v) is 6.04. The van der Waals surface area contributed by atoms with E-state index in [-0.39, 0.29) is 17.6 Å². The van der Waals surface area contributed by atoms with Crippen LogP contribution < -0.4 is 5.32 Å². The number of piperidine rings is 2. The fourth-order valence-electron chi connectivity index (χ4n) is 6.04. The van der Waals surface area contributed by atoms with Gasteiger partial charge in [0.15, 0.2) is 5.79 Å². The number of hydrogen-bond donors (Lipinski definition) is 1. The first-order valence-electron chi connectivity index (χ1n) is 13.5. The van der Waals surface area contributed by atoms with Gasteiger partial charge in [-0.2, -0.15) is 0 Å². The van der Waals surface area contributed by atoms with E-state index in [1.54, 1.807) is 0 Å². The zero-order valence-electron chi connectivity index (χ0n) is 21.5. The van der Waals surface area contributed by atoms with Gasteiger partial charge in [-0.3, -0.25) is 4.79 Å². The van der Waals surface area contributed by atoms with E-state index < -0.39 is 17.7 Å². The summed E-state index contributed by atoms with van der Waals surface area (Å²) in [5.74, 6) is 0.566. The summed E-state index contributed by atoms with van der Waals surface area (Å²) < 4.78 is 17.2. The predicted molar refractivity (Wildman–Crippen MR) is 129 cm³/mol. The molecule has 2 amide bonds. The largest absolute Gasteiger partial charge is 0.444 e. The molecule has 4 aliphatic rings. The van der Waals surface area contributed by atoms with E-state index in [1.165, 1.54) is 6.42 Å². The average Bonchev–Trinajstić information content (AvgIpc) is 3.27. The van der Waals surface area contributed by atoms with Crippen LogP contribution in [0.1, 0.15) is 78.6 Å². The Kier molecular flexibility index (Phi) is 8.41. The molecule has 0 unspecified atom stereocenters. The van der Waals surface area contributed by atoms with Crippen LogP contribution in [0.5, 0.6) is 0 Å². The lowest BCUT2D eigenvalue weighted by molar-refractivity contribution is -0.186. The van der Waals surface area contributed by atoms with E-state index in [0.29, 0.717) is 5.92 Å². The third kappa shape index (κ3) is 6.85. The summed E-state index contributed by atoms with van der Waals surface area (Å²) in [6, 6.07) is -0.476. The van der Waals surface area contributed by atoms with Gasteiger partial charge in [0.1, 0.15) is 11.6 Å². The molecule has 4 fully saturated rings. The second kappa shape index (κ2) is 11.1. The van der Waals surface area contributed by atoms with Crippen LogP contribution in [0.3, 0.4) is 0 Å². The van der Waals surface area contributed by atoms with Crippen LogP contribution in [0, 0.1) is 11.8 Å². The van der Waals surface area contributed by atoms with Crippen LogP contribution in [0.15, 0.2) is 0 Å². The lowest BCUT2D eigenvalue weighted by Crippen LogP contribution is -2.55. The Labute approximate surface area is 205 Å². The SMILES string of the molecule is CC(C)(C)OC(=O)N[C@@H](C(=O)N1CCC(CN2CCC3(CC2)OCCO3)CC1)C1CCCCC1. The van der Waals surface area contributed by atoms with E-state index >= 15 is 0 Å². The fraction of sp³-hybridized carbons (Fsp3) is 0.923. The third-order valence-electron chi connectivity index (χ3n) is 7.93. The summed E-state index contributed by atoms with van der Waals surface area (Å²) >= 11 is 0. The molecule has 1 saturated carbocycles. The maximum absolute atomic E-state index is 13.6. The monoisotopic (exact) mass is 479 g/mol. The van der Waals surface area contributed by atoms with Crippen molar-refractivity contribution in [3.8, 4) is 0 Å². The highest BCUT2D eigenvalue weighted by Gasteiger charge is 2.41. The van der Waals surface area contributed by atoms with Crippen molar-refractivity contribution in [2.75, 3.05) is 45.9 Å². The van der Waals surface area contributed by atoms with Crippen LogP contribution in [0.25, 0.3) is 0 Å². The molecule has 1 aliphatic carbocycles. The summed E-state index contributed by atoms with van der Waals surface area (Å²) in [7, 11) is 0. The Morgan fingerprint density at radius 2 is 1.59 bits per heavy atom. The molecule has 1 atom stereocenters. The first kappa shape index (κ1) is 25.7. The van der Waals surface area contributed by atoms with E-state index in [0.717, 1.165) is 97.3 Å². The van der Waals surface area contributed by atoms with Gasteiger partial charge in [-0.05, 0) is 58.3 Å². The third-order valence-corrected chi connectivity index (χ3v) is 7.93. The van der Waals surface area contributed by atoms with Crippen molar-refractivity contribution >= 4 is 12.0 Å². The predicted octanol–water partition coefficient (Wildman–Crippen LogP) is 3.54. The number of nitrogens with one attached hydrogen (secondary N) is 1. The highest BCUT2D eigenvalue weighted by atomic mass is 16.7. The molecule has 0 aromatic rings. The van der Waals surface area contributed by atoms with Gasteiger partial charge in [0.05, 0.1) is 13.2 Å². The minimum Gasteiger partial charge on any atom is -0.444 e. The van der Waals surface area contributed by atoms with Crippen molar-refractivity contribution in [2.45, 2.75) is 96.0 Å². The van der Waals surface area contributed by atoms with E-state index in [1.807, 2.05) is 25.7 Å². The quantitative estimate of drug-likeness (QED) is 0.650. The zero-order valence-corrected chi connectivity index (χ0v) is 21.5. The Hall–Kier alpha value is -1.38. The Bertz CT molecular complexity index is 679. The van der Waals surface area contributed by atoms with Crippen LogP contribution in [0.4, 0.5) is 4.79 Å². The molecule has 0 aromatic carbocycles. The van der Waals surface area contributed by atoms with Crippen LogP contribution in [-0.4, -0.2) is 85.2 Å². The van der Waals surface area contributed by atoms with Gasteiger partial charge in [0.2, 0.25) is 5.91 Å². The van der Waals surface area contributed by atoms with Crippen molar-refractivity contribution < 1.29 is 23.8 Å².